The Hall–Kier alpha value is -0.980. The van der Waals surface area contributed by atoms with E-state index in [4.69, 9.17) is 4.52 Å². The van der Waals surface area contributed by atoms with Gasteiger partial charge in [-0.1, -0.05) is 5.16 Å². The van der Waals surface area contributed by atoms with Gasteiger partial charge in [0.2, 0.25) is 5.89 Å². The molecule has 1 aromatic rings. The van der Waals surface area contributed by atoms with Crippen molar-refractivity contribution >= 4 is 0 Å². The van der Waals surface area contributed by atoms with E-state index in [-0.39, 0.29) is 6.04 Å². The summed E-state index contributed by atoms with van der Waals surface area (Å²) in [6, 6.07) is 0.175. The predicted molar refractivity (Wildman–Crippen MR) is 79.0 cm³/mol. The monoisotopic (exact) mass is 294 g/mol. The molecule has 1 saturated heterocycles. The molecule has 1 aromatic heterocycles. The Morgan fingerprint density at radius 3 is 2.52 bits per heavy atom. The highest BCUT2D eigenvalue weighted by Crippen LogP contribution is 2.38. The summed E-state index contributed by atoms with van der Waals surface area (Å²) in [6.07, 6.45) is 2.39. The van der Waals surface area contributed by atoms with Crippen molar-refractivity contribution < 1.29 is 9.63 Å². The molecule has 1 atom stereocenters. The number of hydrogen-bond donors (Lipinski definition) is 1. The van der Waals surface area contributed by atoms with E-state index in [0.717, 1.165) is 44.4 Å². The van der Waals surface area contributed by atoms with E-state index in [1.165, 1.54) is 12.8 Å². The zero-order valence-electron chi connectivity index (χ0n) is 13.2. The van der Waals surface area contributed by atoms with Crippen LogP contribution in [-0.4, -0.2) is 63.4 Å². The van der Waals surface area contributed by atoms with Crippen LogP contribution in [0.5, 0.6) is 0 Å². The molecular weight excluding hydrogens is 268 g/mol. The number of aliphatic hydroxyl groups is 1. The number of aromatic nitrogens is 2. The molecule has 6 nitrogen and oxygen atoms in total. The molecule has 1 aliphatic heterocycles. The Morgan fingerprint density at radius 1 is 1.29 bits per heavy atom. The Morgan fingerprint density at radius 2 is 1.95 bits per heavy atom. The molecule has 1 aliphatic carbocycles. The lowest BCUT2D eigenvalue weighted by Crippen LogP contribution is -2.50. The second kappa shape index (κ2) is 5.66. The normalized spacial score (nSPS) is 23.4. The average Bonchev–Trinajstić information content (AvgIpc) is 3.15. The van der Waals surface area contributed by atoms with E-state index in [9.17, 15) is 5.11 Å². The summed E-state index contributed by atoms with van der Waals surface area (Å²) in [7, 11) is 0. The quantitative estimate of drug-likeness (QED) is 0.885. The third-order valence-electron chi connectivity index (χ3n) is 4.32. The highest BCUT2D eigenvalue weighted by molar-refractivity contribution is 5.04. The van der Waals surface area contributed by atoms with E-state index in [1.807, 2.05) is 13.8 Å². The highest BCUT2D eigenvalue weighted by atomic mass is 16.5. The zero-order valence-corrected chi connectivity index (χ0v) is 13.2. The number of hydrogen-bond acceptors (Lipinski definition) is 6. The summed E-state index contributed by atoms with van der Waals surface area (Å²) in [6.45, 7) is 10.5. The minimum Gasteiger partial charge on any atom is -0.389 e. The Kier molecular flexibility index (Phi) is 4.03. The third-order valence-corrected chi connectivity index (χ3v) is 4.32. The number of piperazine rings is 1. The second-order valence-electron chi connectivity index (χ2n) is 7.07. The van der Waals surface area contributed by atoms with Crippen molar-refractivity contribution in [1.82, 2.24) is 19.9 Å². The van der Waals surface area contributed by atoms with Crippen LogP contribution in [0.25, 0.3) is 0 Å². The molecule has 0 unspecified atom stereocenters. The smallest absolute Gasteiger partial charge is 0.243 e. The van der Waals surface area contributed by atoms with E-state index in [0.29, 0.717) is 5.92 Å². The van der Waals surface area contributed by atoms with Crippen molar-refractivity contribution in [2.45, 2.75) is 51.2 Å². The van der Waals surface area contributed by atoms with Gasteiger partial charge in [0.05, 0.1) is 11.6 Å². The maximum atomic E-state index is 9.90. The third kappa shape index (κ3) is 3.81. The highest BCUT2D eigenvalue weighted by Gasteiger charge is 2.32. The fourth-order valence-electron chi connectivity index (χ4n) is 2.94. The summed E-state index contributed by atoms with van der Waals surface area (Å²) in [5, 5.41) is 14.0. The van der Waals surface area contributed by atoms with Crippen molar-refractivity contribution in [2.24, 2.45) is 0 Å². The van der Waals surface area contributed by atoms with Gasteiger partial charge in [-0.15, -0.1) is 0 Å². The second-order valence-corrected chi connectivity index (χ2v) is 7.07. The van der Waals surface area contributed by atoms with Crippen LogP contribution in [0, 0.1) is 0 Å². The lowest BCUT2D eigenvalue weighted by atomic mass is 10.1. The van der Waals surface area contributed by atoms with Gasteiger partial charge in [-0.05, 0) is 33.6 Å². The van der Waals surface area contributed by atoms with Gasteiger partial charge < -0.3 is 9.63 Å². The predicted octanol–water partition coefficient (Wildman–Crippen LogP) is 1.40. The lowest BCUT2D eigenvalue weighted by molar-refractivity contribution is 0.00958. The Bertz CT molecular complexity index is 470. The first-order chi connectivity index (χ1) is 9.92. The molecule has 118 valence electrons. The lowest BCUT2D eigenvalue weighted by Gasteiger charge is -2.38. The minimum atomic E-state index is -0.626. The van der Waals surface area contributed by atoms with Gasteiger partial charge in [0, 0.05) is 38.6 Å². The molecule has 0 radical (unpaired) electrons. The van der Waals surface area contributed by atoms with Gasteiger partial charge >= 0.3 is 0 Å². The van der Waals surface area contributed by atoms with Crippen LogP contribution in [0.4, 0.5) is 0 Å². The fourth-order valence-corrected chi connectivity index (χ4v) is 2.94. The van der Waals surface area contributed by atoms with Crippen molar-refractivity contribution in [3.8, 4) is 0 Å². The Balaban J connectivity index is 1.53. The molecule has 1 N–H and O–H groups in total. The van der Waals surface area contributed by atoms with E-state index in [2.05, 4.69) is 26.9 Å². The summed E-state index contributed by atoms with van der Waals surface area (Å²) in [5.41, 5.74) is -0.626. The molecule has 2 heterocycles. The van der Waals surface area contributed by atoms with E-state index < -0.39 is 5.60 Å². The van der Waals surface area contributed by atoms with Gasteiger partial charge in [0.15, 0.2) is 5.82 Å². The molecule has 21 heavy (non-hydrogen) atoms. The maximum Gasteiger partial charge on any atom is 0.243 e. The van der Waals surface area contributed by atoms with Crippen molar-refractivity contribution in [1.29, 1.82) is 0 Å². The molecule has 0 aromatic carbocycles. The molecule has 0 spiro atoms. The van der Waals surface area contributed by atoms with Gasteiger partial charge in [-0.3, -0.25) is 9.80 Å². The van der Waals surface area contributed by atoms with E-state index in [1.54, 1.807) is 0 Å². The first-order valence-corrected chi connectivity index (χ1v) is 7.95. The van der Waals surface area contributed by atoms with Gasteiger partial charge in [-0.2, -0.15) is 4.98 Å². The molecule has 2 aliphatic rings. The molecule has 3 rings (SSSR count). The SMILES string of the molecule is C[C@@H](c1nc(C2CC2)no1)N1CCN(CC(C)(C)O)CC1. The van der Waals surface area contributed by atoms with Crippen LogP contribution in [0.1, 0.15) is 57.3 Å². The van der Waals surface area contributed by atoms with Crippen LogP contribution in [0.3, 0.4) is 0 Å². The number of β-amino-alcohol motifs (C(OH)–C–C–N with tert-alkyl or cyclic N) is 1. The first-order valence-electron chi connectivity index (χ1n) is 7.95. The van der Waals surface area contributed by atoms with Gasteiger partial charge in [0.1, 0.15) is 0 Å². The van der Waals surface area contributed by atoms with Gasteiger partial charge in [0.25, 0.3) is 0 Å². The summed E-state index contributed by atoms with van der Waals surface area (Å²) >= 11 is 0. The van der Waals surface area contributed by atoms with Crippen LogP contribution in [0.2, 0.25) is 0 Å². The Labute approximate surface area is 126 Å². The fraction of sp³-hybridized carbons (Fsp3) is 0.867. The molecule has 0 amide bonds. The molecule has 6 heteroatoms. The van der Waals surface area contributed by atoms with Crippen molar-refractivity contribution in [3.05, 3.63) is 11.7 Å². The number of nitrogens with zero attached hydrogens (tertiary/aromatic N) is 4. The largest absolute Gasteiger partial charge is 0.389 e. The molecule has 2 fully saturated rings. The molecular formula is C15H26N4O2. The molecule has 0 bridgehead atoms. The standard InChI is InChI=1S/C15H26N4O2/c1-11(14-16-13(17-21-14)12-4-5-12)19-8-6-18(7-9-19)10-15(2,3)20/h11-12,20H,4-10H2,1-3H3/t11-/m0/s1. The van der Waals surface area contributed by atoms with Crippen LogP contribution < -0.4 is 0 Å². The summed E-state index contributed by atoms with van der Waals surface area (Å²) in [5.74, 6) is 2.17. The maximum absolute atomic E-state index is 9.90. The van der Waals surface area contributed by atoms with Crippen LogP contribution in [-0.2, 0) is 0 Å². The minimum absolute atomic E-state index is 0.175. The van der Waals surface area contributed by atoms with E-state index >= 15 is 0 Å². The molecule has 1 saturated carbocycles. The zero-order chi connectivity index (χ0) is 15.0. The average molecular weight is 294 g/mol. The number of rotatable bonds is 5. The summed E-state index contributed by atoms with van der Waals surface area (Å²) < 4.78 is 5.43. The van der Waals surface area contributed by atoms with Crippen LogP contribution >= 0.6 is 0 Å². The van der Waals surface area contributed by atoms with Gasteiger partial charge in [-0.25, -0.2) is 0 Å². The summed E-state index contributed by atoms with van der Waals surface area (Å²) in [4.78, 5) is 9.24. The van der Waals surface area contributed by atoms with Crippen molar-refractivity contribution in [2.75, 3.05) is 32.7 Å². The van der Waals surface area contributed by atoms with Crippen LogP contribution in [0.15, 0.2) is 4.52 Å². The first kappa shape index (κ1) is 14.9. The topological polar surface area (TPSA) is 65.6 Å². The van der Waals surface area contributed by atoms with Crippen molar-refractivity contribution in [3.63, 3.8) is 0 Å².